The van der Waals surface area contributed by atoms with Crippen LogP contribution in [0.25, 0.3) is 17.0 Å². The number of carbonyl (C=O) groups excluding carboxylic acids is 2. The van der Waals surface area contributed by atoms with Gasteiger partial charge in [-0.25, -0.2) is 4.79 Å². The number of anilines is 1. The van der Waals surface area contributed by atoms with Crippen LogP contribution in [0.3, 0.4) is 0 Å². The summed E-state index contributed by atoms with van der Waals surface area (Å²) < 4.78 is 16.1. The summed E-state index contributed by atoms with van der Waals surface area (Å²) in [5.41, 5.74) is 2.65. The minimum Gasteiger partial charge on any atom is -0.493 e. The lowest BCUT2D eigenvalue weighted by atomic mass is 10.0. The van der Waals surface area contributed by atoms with E-state index in [9.17, 15) is 9.59 Å². The van der Waals surface area contributed by atoms with Crippen LogP contribution in [0.4, 0.5) is 5.69 Å². The topological polar surface area (TPSA) is 69.0 Å². The van der Waals surface area contributed by atoms with E-state index in [0.717, 1.165) is 29.5 Å². The van der Waals surface area contributed by atoms with E-state index in [-0.39, 0.29) is 12.5 Å². The number of para-hydroxylation sites is 2. The lowest BCUT2D eigenvalue weighted by molar-refractivity contribution is -0.142. The maximum Gasteiger partial charge on any atom is 0.331 e. The van der Waals surface area contributed by atoms with Crippen LogP contribution in [-0.4, -0.2) is 32.1 Å². The Balaban J connectivity index is 1.37. The molecule has 0 saturated heterocycles. The van der Waals surface area contributed by atoms with Crippen molar-refractivity contribution in [2.45, 2.75) is 12.8 Å². The van der Waals surface area contributed by atoms with Crippen LogP contribution in [0.15, 0.2) is 59.0 Å². The number of hydrogen-bond acceptors (Lipinski definition) is 5. The number of nitrogens with zero attached hydrogens (tertiary/aromatic N) is 1. The van der Waals surface area contributed by atoms with Crippen molar-refractivity contribution < 1.29 is 23.5 Å². The van der Waals surface area contributed by atoms with Gasteiger partial charge in [0.25, 0.3) is 5.91 Å². The molecule has 2 heterocycles. The second-order valence-electron chi connectivity index (χ2n) is 6.75. The van der Waals surface area contributed by atoms with Gasteiger partial charge in [0.05, 0.1) is 7.11 Å². The Hall–Kier alpha value is -3.54. The molecular formula is C23H21NO5. The summed E-state index contributed by atoms with van der Waals surface area (Å²) in [4.78, 5) is 26.2. The molecule has 1 aliphatic heterocycles. The molecule has 6 heteroatoms. The van der Waals surface area contributed by atoms with Crippen molar-refractivity contribution in [2.75, 3.05) is 25.2 Å². The zero-order chi connectivity index (χ0) is 20.2. The van der Waals surface area contributed by atoms with Gasteiger partial charge in [0.15, 0.2) is 17.9 Å². The minimum atomic E-state index is -0.601. The van der Waals surface area contributed by atoms with Crippen molar-refractivity contribution in [3.63, 3.8) is 0 Å². The van der Waals surface area contributed by atoms with E-state index in [1.807, 2.05) is 36.4 Å². The molecule has 6 nitrogen and oxygen atoms in total. The van der Waals surface area contributed by atoms with Gasteiger partial charge in [0, 0.05) is 23.7 Å². The van der Waals surface area contributed by atoms with Gasteiger partial charge in [-0.15, -0.1) is 0 Å². The van der Waals surface area contributed by atoms with Crippen molar-refractivity contribution in [3.05, 3.63) is 65.9 Å². The largest absolute Gasteiger partial charge is 0.493 e. The minimum absolute atomic E-state index is 0.229. The van der Waals surface area contributed by atoms with Crippen LogP contribution in [-0.2, 0) is 20.7 Å². The van der Waals surface area contributed by atoms with Gasteiger partial charge in [0.2, 0.25) is 0 Å². The molecule has 0 spiro atoms. The molecule has 0 aliphatic carbocycles. The molecular weight excluding hydrogens is 370 g/mol. The lowest BCUT2D eigenvalue weighted by Crippen LogP contribution is -2.38. The monoisotopic (exact) mass is 391 g/mol. The molecule has 2 aromatic carbocycles. The Morgan fingerprint density at radius 1 is 1.17 bits per heavy atom. The maximum absolute atomic E-state index is 12.5. The van der Waals surface area contributed by atoms with Gasteiger partial charge in [-0.05, 0) is 42.7 Å². The molecule has 0 fully saturated rings. The highest BCUT2D eigenvalue weighted by atomic mass is 16.5. The summed E-state index contributed by atoms with van der Waals surface area (Å²) in [6.07, 6.45) is 4.61. The normalized spacial score (nSPS) is 13.5. The first-order valence-corrected chi connectivity index (χ1v) is 9.45. The Morgan fingerprint density at radius 3 is 2.90 bits per heavy atom. The van der Waals surface area contributed by atoms with Crippen LogP contribution in [0.5, 0.6) is 5.75 Å². The van der Waals surface area contributed by atoms with Crippen LogP contribution in [0.1, 0.15) is 17.7 Å². The van der Waals surface area contributed by atoms with Gasteiger partial charge >= 0.3 is 5.97 Å². The third-order valence-electron chi connectivity index (χ3n) is 4.88. The molecule has 0 bridgehead atoms. The second-order valence-corrected chi connectivity index (χ2v) is 6.75. The Labute approximate surface area is 168 Å². The lowest BCUT2D eigenvalue weighted by Gasteiger charge is -2.29. The second kappa shape index (κ2) is 8.22. The summed E-state index contributed by atoms with van der Waals surface area (Å²) in [7, 11) is 1.57. The first-order chi connectivity index (χ1) is 14.2. The van der Waals surface area contributed by atoms with Crippen molar-refractivity contribution in [3.8, 4) is 5.75 Å². The number of fused-ring (bicyclic) bond motifs is 2. The molecule has 0 radical (unpaired) electrons. The van der Waals surface area contributed by atoms with Gasteiger partial charge < -0.3 is 18.8 Å². The quantitative estimate of drug-likeness (QED) is 0.486. The number of furan rings is 1. The Morgan fingerprint density at radius 2 is 2.03 bits per heavy atom. The molecule has 1 aliphatic rings. The summed E-state index contributed by atoms with van der Waals surface area (Å²) in [5.74, 6) is 0.290. The van der Waals surface area contributed by atoms with Gasteiger partial charge in [0.1, 0.15) is 5.76 Å². The van der Waals surface area contributed by atoms with E-state index >= 15 is 0 Å². The molecule has 148 valence electrons. The number of rotatable bonds is 5. The first kappa shape index (κ1) is 18.8. The van der Waals surface area contributed by atoms with Gasteiger partial charge in [-0.3, -0.25) is 4.79 Å². The van der Waals surface area contributed by atoms with Crippen molar-refractivity contribution >= 4 is 34.6 Å². The fourth-order valence-corrected chi connectivity index (χ4v) is 3.50. The van der Waals surface area contributed by atoms with Crippen molar-refractivity contribution in [1.82, 2.24) is 0 Å². The average Bonchev–Trinajstić information content (AvgIpc) is 3.19. The summed E-state index contributed by atoms with van der Waals surface area (Å²) in [5, 5.41) is 0.872. The highest BCUT2D eigenvalue weighted by Crippen LogP contribution is 2.29. The van der Waals surface area contributed by atoms with Crippen molar-refractivity contribution in [1.29, 1.82) is 0 Å². The number of ether oxygens (including phenoxy) is 2. The number of amides is 1. The van der Waals surface area contributed by atoms with E-state index in [1.54, 1.807) is 24.1 Å². The number of carbonyl (C=O) groups is 2. The summed E-state index contributed by atoms with van der Waals surface area (Å²) in [6, 6.07) is 15.2. The number of benzene rings is 2. The molecule has 0 saturated carbocycles. The van der Waals surface area contributed by atoms with E-state index in [0.29, 0.717) is 23.6 Å². The summed E-state index contributed by atoms with van der Waals surface area (Å²) in [6.45, 7) is 0.329. The third kappa shape index (κ3) is 4.01. The van der Waals surface area contributed by atoms with E-state index in [2.05, 4.69) is 0 Å². The number of methoxy groups -OCH3 is 1. The Kier molecular flexibility index (Phi) is 5.33. The fraction of sp³-hybridized carbons (Fsp3) is 0.217. The molecule has 0 atom stereocenters. The fourth-order valence-electron chi connectivity index (χ4n) is 3.50. The molecule has 4 rings (SSSR count). The highest BCUT2D eigenvalue weighted by Gasteiger charge is 2.22. The van der Waals surface area contributed by atoms with Crippen molar-refractivity contribution in [2.24, 2.45) is 0 Å². The average molecular weight is 391 g/mol. The van der Waals surface area contributed by atoms with Crippen LogP contribution >= 0.6 is 0 Å². The Bertz CT molecular complexity index is 1080. The number of aryl methyl sites for hydroxylation is 1. The number of esters is 1. The third-order valence-corrected chi connectivity index (χ3v) is 4.88. The SMILES string of the molecule is COc1cccc2cc(C=CC(=O)OCC(=O)N3CCCc4ccccc43)oc12. The molecule has 1 amide bonds. The van der Waals surface area contributed by atoms with E-state index in [1.165, 1.54) is 12.2 Å². The molecule has 3 aromatic rings. The summed E-state index contributed by atoms with van der Waals surface area (Å²) >= 11 is 0. The standard InChI is InChI=1S/C23H21NO5/c1-27-20-10-4-7-17-14-18(29-23(17)20)11-12-22(26)28-15-21(25)24-13-5-8-16-6-2-3-9-19(16)24/h2-4,6-7,9-12,14H,5,8,13,15H2,1H3. The predicted molar refractivity (Wildman–Crippen MR) is 110 cm³/mol. The molecule has 0 unspecified atom stereocenters. The molecule has 1 aromatic heterocycles. The van der Waals surface area contributed by atoms with Crippen LogP contribution < -0.4 is 9.64 Å². The van der Waals surface area contributed by atoms with Crippen LogP contribution in [0, 0.1) is 0 Å². The first-order valence-electron chi connectivity index (χ1n) is 9.45. The van der Waals surface area contributed by atoms with Gasteiger partial charge in [-0.1, -0.05) is 30.3 Å². The highest BCUT2D eigenvalue weighted by molar-refractivity contribution is 5.97. The van der Waals surface area contributed by atoms with Crippen LogP contribution in [0.2, 0.25) is 0 Å². The molecule has 0 N–H and O–H groups in total. The smallest absolute Gasteiger partial charge is 0.331 e. The predicted octanol–water partition coefficient (Wildman–Crippen LogP) is 3.98. The van der Waals surface area contributed by atoms with Gasteiger partial charge in [-0.2, -0.15) is 0 Å². The molecule has 29 heavy (non-hydrogen) atoms. The number of hydrogen-bond donors (Lipinski definition) is 0. The zero-order valence-corrected chi connectivity index (χ0v) is 16.1. The zero-order valence-electron chi connectivity index (χ0n) is 16.1. The van der Waals surface area contributed by atoms with E-state index in [4.69, 9.17) is 13.9 Å². The van der Waals surface area contributed by atoms with E-state index < -0.39 is 5.97 Å². The maximum atomic E-state index is 12.5.